The Balaban J connectivity index is 1.31. The van der Waals surface area contributed by atoms with E-state index in [1.165, 1.54) is 12.7 Å². The summed E-state index contributed by atoms with van der Waals surface area (Å²) in [5, 5.41) is 20.8. The summed E-state index contributed by atoms with van der Waals surface area (Å²) in [6, 6.07) is 8.23. The minimum absolute atomic E-state index is 0.0293. The van der Waals surface area contributed by atoms with Gasteiger partial charge in [0.05, 0.1) is 18.3 Å². The number of unbranched alkanes of at least 4 members (excludes halogenated alkanes) is 1. The second-order valence-corrected chi connectivity index (χ2v) is 10.3. The molecule has 1 aliphatic heterocycles. The van der Waals surface area contributed by atoms with Gasteiger partial charge in [-0.1, -0.05) is 6.07 Å². The fraction of sp³-hybridized carbons (Fsp3) is 0.517. The van der Waals surface area contributed by atoms with Crippen LogP contribution in [0, 0.1) is 0 Å². The number of alkyl halides is 1. The molecule has 0 bridgehead atoms. The molecule has 0 fully saturated rings. The number of halogens is 1. The van der Waals surface area contributed by atoms with Crippen LogP contribution in [0.2, 0.25) is 0 Å². The van der Waals surface area contributed by atoms with E-state index in [1.807, 2.05) is 11.9 Å². The Labute approximate surface area is 233 Å². The number of aryl methyl sites for hydroxylation is 3. The predicted octanol–water partition coefficient (Wildman–Crippen LogP) is 3.21. The number of amides is 1. The normalized spacial score (nSPS) is 14.5. The summed E-state index contributed by atoms with van der Waals surface area (Å²) in [6.07, 6.45) is 5.28. The van der Waals surface area contributed by atoms with Crippen LogP contribution in [0.1, 0.15) is 47.3 Å². The van der Waals surface area contributed by atoms with Crippen molar-refractivity contribution in [3.8, 4) is 0 Å². The average Bonchev–Trinajstić information content (AvgIpc) is 3.32. The molecule has 40 heavy (non-hydrogen) atoms. The number of hydrogen-bond acceptors (Lipinski definition) is 7. The van der Waals surface area contributed by atoms with E-state index in [0.29, 0.717) is 18.7 Å². The lowest BCUT2D eigenvalue weighted by molar-refractivity contribution is -0.139. The van der Waals surface area contributed by atoms with Crippen molar-refractivity contribution in [1.82, 2.24) is 25.0 Å². The quantitative estimate of drug-likeness (QED) is 0.245. The number of carbonyl (C=O) groups excluding carboxylic acids is 1. The number of carboxylic acids is 1. The lowest BCUT2D eigenvalue weighted by Crippen LogP contribution is -2.44. The van der Waals surface area contributed by atoms with Crippen LogP contribution in [0.15, 0.2) is 36.5 Å². The Morgan fingerprint density at radius 1 is 1.25 bits per heavy atom. The Hall–Kier alpha value is -3.57. The number of pyridine rings is 1. The molecule has 1 aliphatic rings. The van der Waals surface area contributed by atoms with Gasteiger partial charge in [0.15, 0.2) is 0 Å². The number of nitrogens with zero attached hydrogens (tertiary/aromatic N) is 4. The Morgan fingerprint density at radius 3 is 2.90 bits per heavy atom. The van der Waals surface area contributed by atoms with Crippen LogP contribution in [0.5, 0.6) is 0 Å². The number of carboxylic acid groups (broad SMARTS) is 1. The second-order valence-electron chi connectivity index (χ2n) is 10.3. The molecule has 11 heteroatoms. The van der Waals surface area contributed by atoms with Gasteiger partial charge in [0.25, 0.3) is 5.91 Å². The van der Waals surface area contributed by atoms with Crippen molar-refractivity contribution in [2.24, 2.45) is 7.05 Å². The van der Waals surface area contributed by atoms with Crippen molar-refractivity contribution in [3.63, 3.8) is 0 Å². The van der Waals surface area contributed by atoms with E-state index in [-0.39, 0.29) is 19.6 Å². The SMILES string of the molecule is COCC(F)CN(CCCCc1ccc2c(n1)NCCC2)CCC(NC(=O)c1ccc2c(cnn2C)c1)C(=O)O. The third-order valence-corrected chi connectivity index (χ3v) is 7.26. The van der Waals surface area contributed by atoms with Gasteiger partial charge in [-0.25, -0.2) is 14.2 Å². The highest BCUT2D eigenvalue weighted by Gasteiger charge is 2.23. The average molecular weight is 555 g/mol. The van der Waals surface area contributed by atoms with Gasteiger partial charge in [-0.15, -0.1) is 0 Å². The molecular formula is C29H39FN6O4. The van der Waals surface area contributed by atoms with Crippen molar-refractivity contribution in [3.05, 3.63) is 53.3 Å². The zero-order valence-corrected chi connectivity index (χ0v) is 23.2. The molecular weight excluding hydrogens is 515 g/mol. The number of anilines is 1. The highest BCUT2D eigenvalue weighted by molar-refractivity contribution is 5.99. The van der Waals surface area contributed by atoms with Gasteiger partial charge >= 0.3 is 5.97 Å². The van der Waals surface area contributed by atoms with Gasteiger partial charge in [-0.3, -0.25) is 9.48 Å². The zero-order chi connectivity index (χ0) is 28.5. The summed E-state index contributed by atoms with van der Waals surface area (Å²) in [7, 11) is 3.27. The van der Waals surface area contributed by atoms with Crippen molar-refractivity contribution < 1.29 is 23.8 Å². The van der Waals surface area contributed by atoms with E-state index in [9.17, 15) is 19.1 Å². The van der Waals surface area contributed by atoms with E-state index < -0.39 is 24.1 Å². The van der Waals surface area contributed by atoms with Gasteiger partial charge in [-0.05, 0) is 74.9 Å². The summed E-state index contributed by atoms with van der Waals surface area (Å²) < 4.78 is 21.1. The molecule has 10 nitrogen and oxygen atoms in total. The first-order valence-electron chi connectivity index (χ1n) is 13.9. The molecule has 3 aromatic rings. The summed E-state index contributed by atoms with van der Waals surface area (Å²) >= 11 is 0. The minimum atomic E-state index is -1.19. The van der Waals surface area contributed by atoms with E-state index >= 15 is 0 Å². The van der Waals surface area contributed by atoms with Crippen LogP contribution in [-0.2, 0) is 29.4 Å². The summed E-state index contributed by atoms with van der Waals surface area (Å²) in [6.45, 7) is 1.97. The maximum atomic E-state index is 14.5. The molecule has 4 rings (SSSR count). The molecule has 2 atom stereocenters. The van der Waals surface area contributed by atoms with E-state index in [1.54, 1.807) is 29.1 Å². The van der Waals surface area contributed by atoms with Crippen LogP contribution in [0.4, 0.5) is 10.2 Å². The summed E-state index contributed by atoms with van der Waals surface area (Å²) in [5.41, 5.74) is 3.52. The number of aromatic nitrogens is 3. The standard InChI is InChI=1S/C29H39FN6O4/c1-35-26-11-9-21(16-22(26)17-32-35)28(37)34-25(29(38)39)12-15-36(18-23(30)19-40-2)14-4-3-7-24-10-8-20-6-5-13-31-27(20)33-24/h8-11,16-17,23,25H,3-7,12-15,18-19H2,1-2H3,(H,31,33)(H,34,37)(H,38,39). The third-order valence-electron chi connectivity index (χ3n) is 7.26. The number of methoxy groups -OCH3 is 1. The maximum absolute atomic E-state index is 14.5. The number of ether oxygens (including phenoxy) is 1. The number of nitrogens with one attached hydrogen (secondary N) is 2. The van der Waals surface area contributed by atoms with Gasteiger partial charge in [0.2, 0.25) is 0 Å². The Bertz CT molecular complexity index is 1300. The first kappa shape index (κ1) is 29.4. The fourth-order valence-electron chi connectivity index (χ4n) is 5.07. The zero-order valence-electron chi connectivity index (χ0n) is 23.2. The molecule has 216 valence electrons. The predicted molar refractivity (Wildman–Crippen MR) is 151 cm³/mol. The van der Waals surface area contributed by atoms with E-state index in [2.05, 4.69) is 27.9 Å². The van der Waals surface area contributed by atoms with Gasteiger partial charge in [0, 0.05) is 50.4 Å². The largest absolute Gasteiger partial charge is 0.480 e. The van der Waals surface area contributed by atoms with E-state index in [0.717, 1.165) is 61.1 Å². The summed E-state index contributed by atoms with van der Waals surface area (Å²) in [4.78, 5) is 31.5. The molecule has 0 radical (unpaired) electrons. The van der Waals surface area contributed by atoms with Crippen molar-refractivity contribution in [2.75, 3.05) is 45.2 Å². The number of hydrogen-bond donors (Lipinski definition) is 3. The van der Waals surface area contributed by atoms with Gasteiger partial charge in [-0.2, -0.15) is 5.10 Å². The van der Waals surface area contributed by atoms with Crippen molar-refractivity contribution >= 4 is 28.6 Å². The molecule has 3 heterocycles. The van der Waals surface area contributed by atoms with Gasteiger partial charge in [0.1, 0.15) is 18.0 Å². The van der Waals surface area contributed by atoms with Crippen LogP contribution >= 0.6 is 0 Å². The number of carbonyl (C=O) groups is 2. The number of aliphatic carboxylic acids is 1. The molecule has 0 saturated carbocycles. The third kappa shape index (κ3) is 7.98. The molecule has 0 spiro atoms. The molecule has 2 aromatic heterocycles. The minimum Gasteiger partial charge on any atom is -0.480 e. The molecule has 0 aliphatic carbocycles. The lowest BCUT2D eigenvalue weighted by atomic mass is 10.1. The van der Waals surface area contributed by atoms with Gasteiger partial charge < -0.3 is 25.4 Å². The maximum Gasteiger partial charge on any atom is 0.326 e. The molecule has 1 amide bonds. The van der Waals surface area contributed by atoms with Crippen molar-refractivity contribution in [1.29, 1.82) is 0 Å². The summed E-state index contributed by atoms with van der Waals surface area (Å²) in [5.74, 6) is -0.622. The lowest BCUT2D eigenvalue weighted by Gasteiger charge is -2.25. The van der Waals surface area contributed by atoms with Crippen LogP contribution in [0.25, 0.3) is 10.9 Å². The molecule has 2 unspecified atom stereocenters. The highest BCUT2D eigenvalue weighted by Crippen LogP contribution is 2.20. The molecule has 3 N–H and O–H groups in total. The first-order valence-corrected chi connectivity index (χ1v) is 13.9. The van der Waals surface area contributed by atoms with Crippen LogP contribution in [-0.4, -0.2) is 88.8 Å². The van der Waals surface area contributed by atoms with Crippen molar-refractivity contribution in [2.45, 2.75) is 50.7 Å². The molecule has 1 aromatic carbocycles. The van der Waals surface area contributed by atoms with Crippen LogP contribution in [0.3, 0.4) is 0 Å². The highest BCUT2D eigenvalue weighted by atomic mass is 19.1. The Kier molecular flexibility index (Phi) is 10.4. The second kappa shape index (κ2) is 14.2. The number of benzene rings is 1. The molecule has 0 saturated heterocycles. The van der Waals surface area contributed by atoms with Crippen LogP contribution < -0.4 is 10.6 Å². The van der Waals surface area contributed by atoms with E-state index in [4.69, 9.17) is 9.72 Å². The fourth-order valence-corrected chi connectivity index (χ4v) is 5.07. The smallest absolute Gasteiger partial charge is 0.326 e. The monoisotopic (exact) mass is 554 g/mol. The number of fused-ring (bicyclic) bond motifs is 2. The first-order chi connectivity index (χ1) is 19.3. The Morgan fingerprint density at radius 2 is 2.10 bits per heavy atom. The topological polar surface area (TPSA) is 122 Å². The number of rotatable bonds is 15.